The van der Waals surface area contributed by atoms with Crippen molar-refractivity contribution in [3.8, 4) is 16.3 Å². The number of rotatable bonds is 8. The van der Waals surface area contributed by atoms with Gasteiger partial charge < -0.3 is 4.90 Å². The first-order valence-corrected chi connectivity index (χ1v) is 12.8. The molecule has 4 aromatic rings. The van der Waals surface area contributed by atoms with Crippen molar-refractivity contribution < 1.29 is 13.2 Å². The molecule has 170 valence electrons. The van der Waals surface area contributed by atoms with Crippen molar-refractivity contribution in [2.75, 3.05) is 13.6 Å². The minimum Gasteiger partial charge on any atom is -0.337 e. The number of hydrogen-bond acceptors (Lipinski definition) is 5. The SMILES string of the molecule is CCNS(=O)(=O)c1ccc(C(=O)N(C)Cc2cn(-c3ccccc3)nc2-c2cccs2)cc1. The topological polar surface area (TPSA) is 84.3 Å². The molecule has 0 bridgehead atoms. The predicted molar refractivity (Wildman–Crippen MR) is 130 cm³/mol. The van der Waals surface area contributed by atoms with E-state index >= 15 is 0 Å². The monoisotopic (exact) mass is 480 g/mol. The number of thiophene rings is 1. The number of para-hydroxylation sites is 1. The highest BCUT2D eigenvalue weighted by molar-refractivity contribution is 7.89. The molecule has 0 aliphatic carbocycles. The van der Waals surface area contributed by atoms with Gasteiger partial charge in [-0.15, -0.1) is 11.3 Å². The average molecular weight is 481 g/mol. The third-order valence-corrected chi connectivity index (χ3v) is 7.50. The molecule has 1 amide bonds. The Morgan fingerprint density at radius 2 is 1.79 bits per heavy atom. The molecule has 0 atom stereocenters. The number of benzene rings is 2. The summed E-state index contributed by atoms with van der Waals surface area (Å²) in [5.41, 5.74) is 3.11. The third-order valence-electron chi connectivity index (χ3n) is 5.07. The number of carbonyl (C=O) groups excluding carboxylic acids is 1. The Bertz CT molecular complexity index is 1330. The molecular formula is C24H24N4O3S2. The minimum absolute atomic E-state index is 0.132. The van der Waals surface area contributed by atoms with E-state index in [0.717, 1.165) is 21.8 Å². The Labute approximate surface area is 197 Å². The number of carbonyl (C=O) groups is 1. The largest absolute Gasteiger partial charge is 0.337 e. The highest BCUT2D eigenvalue weighted by Gasteiger charge is 2.19. The number of amides is 1. The first-order valence-electron chi connectivity index (χ1n) is 10.4. The van der Waals surface area contributed by atoms with Crippen LogP contribution in [0.4, 0.5) is 0 Å². The van der Waals surface area contributed by atoms with Crippen LogP contribution in [0.5, 0.6) is 0 Å². The quantitative estimate of drug-likeness (QED) is 0.410. The summed E-state index contributed by atoms with van der Waals surface area (Å²) in [6.07, 6.45) is 1.94. The summed E-state index contributed by atoms with van der Waals surface area (Å²) in [7, 11) is -1.83. The van der Waals surface area contributed by atoms with Crippen LogP contribution < -0.4 is 4.72 Å². The fourth-order valence-corrected chi connectivity index (χ4v) is 5.24. The number of sulfonamides is 1. The van der Waals surface area contributed by atoms with Gasteiger partial charge in [-0.1, -0.05) is 31.2 Å². The van der Waals surface area contributed by atoms with E-state index in [0.29, 0.717) is 18.7 Å². The fraction of sp³-hybridized carbons (Fsp3) is 0.167. The minimum atomic E-state index is -3.56. The Morgan fingerprint density at radius 3 is 2.42 bits per heavy atom. The van der Waals surface area contributed by atoms with Crippen LogP contribution in [0.25, 0.3) is 16.3 Å². The molecule has 0 radical (unpaired) electrons. The van der Waals surface area contributed by atoms with Gasteiger partial charge in [0.1, 0.15) is 5.69 Å². The smallest absolute Gasteiger partial charge is 0.253 e. The molecule has 0 fully saturated rings. The van der Waals surface area contributed by atoms with Crippen LogP contribution in [0, 0.1) is 0 Å². The maximum atomic E-state index is 13.0. The van der Waals surface area contributed by atoms with E-state index in [1.165, 1.54) is 24.3 Å². The molecule has 0 saturated carbocycles. The first kappa shape index (κ1) is 22.9. The second-order valence-electron chi connectivity index (χ2n) is 7.45. The van der Waals surface area contributed by atoms with Crippen LogP contribution in [0.15, 0.2) is 83.2 Å². The van der Waals surface area contributed by atoms with Gasteiger partial charge in [0.25, 0.3) is 5.91 Å². The summed E-state index contributed by atoms with van der Waals surface area (Å²) in [6.45, 7) is 2.38. The van der Waals surface area contributed by atoms with Gasteiger partial charge in [-0.2, -0.15) is 5.10 Å². The molecule has 4 rings (SSSR count). The van der Waals surface area contributed by atoms with Gasteiger partial charge in [0.05, 0.1) is 15.5 Å². The lowest BCUT2D eigenvalue weighted by molar-refractivity contribution is 0.0785. The van der Waals surface area contributed by atoms with Gasteiger partial charge in [0, 0.05) is 37.5 Å². The molecule has 0 aliphatic rings. The normalized spacial score (nSPS) is 11.5. The molecule has 2 aromatic heterocycles. The molecule has 1 N–H and O–H groups in total. The van der Waals surface area contributed by atoms with Crippen molar-refractivity contribution in [2.45, 2.75) is 18.4 Å². The first-order chi connectivity index (χ1) is 15.9. The Morgan fingerprint density at radius 1 is 1.06 bits per heavy atom. The van der Waals surface area contributed by atoms with Gasteiger partial charge in [0.2, 0.25) is 10.0 Å². The molecule has 9 heteroatoms. The zero-order valence-electron chi connectivity index (χ0n) is 18.3. The second-order valence-corrected chi connectivity index (χ2v) is 10.2. The van der Waals surface area contributed by atoms with Gasteiger partial charge in [-0.3, -0.25) is 4.79 Å². The summed E-state index contributed by atoms with van der Waals surface area (Å²) < 4.78 is 28.6. The van der Waals surface area contributed by atoms with Crippen molar-refractivity contribution in [3.63, 3.8) is 0 Å². The van der Waals surface area contributed by atoms with Crippen molar-refractivity contribution in [3.05, 3.63) is 89.4 Å². The van der Waals surface area contributed by atoms with Crippen LogP contribution in [0.1, 0.15) is 22.8 Å². The number of nitrogens with zero attached hydrogens (tertiary/aromatic N) is 3. The van der Waals surface area contributed by atoms with E-state index in [2.05, 4.69) is 4.72 Å². The maximum Gasteiger partial charge on any atom is 0.253 e. The fourth-order valence-electron chi connectivity index (χ4n) is 3.46. The number of aromatic nitrogens is 2. The summed E-state index contributed by atoms with van der Waals surface area (Å²) in [6, 6.07) is 19.8. The zero-order chi connectivity index (χ0) is 23.4. The van der Waals surface area contributed by atoms with Gasteiger partial charge in [0.15, 0.2) is 0 Å². The van der Waals surface area contributed by atoms with Crippen LogP contribution in [-0.4, -0.2) is 42.6 Å². The molecule has 0 spiro atoms. The maximum absolute atomic E-state index is 13.0. The highest BCUT2D eigenvalue weighted by atomic mass is 32.2. The van der Waals surface area contributed by atoms with E-state index in [4.69, 9.17) is 5.10 Å². The lowest BCUT2D eigenvalue weighted by Crippen LogP contribution is -2.26. The number of hydrogen-bond donors (Lipinski definition) is 1. The molecule has 7 nitrogen and oxygen atoms in total. The van der Waals surface area contributed by atoms with E-state index in [1.807, 2.05) is 58.7 Å². The second kappa shape index (κ2) is 9.70. The molecule has 33 heavy (non-hydrogen) atoms. The molecule has 2 heterocycles. The van der Waals surface area contributed by atoms with Crippen molar-refractivity contribution in [1.29, 1.82) is 0 Å². The van der Waals surface area contributed by atoms with Crippen LogP contribution >= 0.6 is 11.3 Å². The van der Waals surface area contributed by atoms with E-state index in [9.17, 15) is 13.2 Å². The van der Waals surface area contributed by atoms with Crippen LogP contribution in [0.3, 0.4) is 0 Å². The van der Waals surface area contributed by atoms with Gasteiger partial charge >= 0.3 is 0 Å². The van der Waals surface area contributed by atoms with Crippen LogP contribution in [-0.2, 0) is 16.6 Å². The van der Waals surface area contributed by atoms with Crippen molar-refractivity contribution in [2.24, 2.45) is 0 Å². The van der Waals surface area contributed by atoms with E-state index in [-0.39, 0.29) is 10.8 Å². The third kappa shape index (κ3) is 5.05. The molecule has 2 aromatic carbocycles. The van der Waals surface area contributed by atoms with Gasteiger partial charge in [-0.25, -0.2) is 17.8 Å². The van der Waals surface area contributed by atoms with Crippen LogP contribution in [0.2, 0.25) is 0 Å². The summed E-state index contributed by atoms with van der Waals surface area (Å²) in [5.74, 6) is -0.202. The summed E-state index contributed by atoms with van der Waals surface area (Å²) >= 11 is 1.60. The predicted octanol–water partition coefficient (Wildman–Crippen LogP) is 4.17. The van der Waals surface area contributed by atoms with Crippen molar-refractivity contribution in [1.82, 2.24) is 19.4 Å². The van der Waals surface area contributed by atoms with E-state index in [1.54, 1.807) is 30.2 Å². The summed E-state index contributed by atoms with van der Waals surface area (Å²) in [4.78, 5) is 15.8. The Hall–Kier alpha value is -3.27. The average Bonchev–Trinajstić information content (AvgIpc) is 3.49. The highest BCUT2D eigenvalue weighted by Crippen LogP contribution is 2.28. The summed E-state index contributed by atoms with van der Waals surface area (Å²) in [5, 5.41) is 6.78. The molecule has 0 aliphatic heterocycles. The van der Waals surface area contributed by atoms with Gasteiger partial charge in [-0.05, 0) is 47.8 Å². The molecule has 0 unspecified atom stereocenters. The van der Waals surface area contributed by atoms with E-state index < -0.39 is 10.0 Å². The molecular weight excluding hydrogens is 456 g/mol. The lowest BCUT2D eigenvalue weighted by atomic mass is 10.1. The standard InChI is InChI=1S/C24H24N4O3S2/c1-3-25-33(30,31)21-13-11-18(12-14-21)24(29)27(2)16-19-17-28(20-8-5-4-6-9-20)26-23(19)22-10-7-15-32-22/h4-15,17,25H,3,16H2,1-2H3. The van der Waals surface area contributed by atoms with Crippen molar-refractivity contribution >= 4 is 27.3 Å². The lowest BCUT2D eigenvalue weighted by Gasteiger charge is -2.17. The number of nitrogens with one attached hydrogen (secondary N) is 1. The molecule has 0 saturated heterocycles. The zero-order valence-corrected chi connectivity index (χ0v) is 19.9. The Balaban J connectivity index is 1.58. The Kier molecular flexibility index (Phi) is 6.73.